The Balaban J connectivity index is 2.46. The fourth-order valence-electron chi connectivity index (χ4n) is 1.10. The molecule has 2 aromatic heterocycles. The number of nitrogens with zero attached hydrogens (tertiary/aromatic N) is 2. The van der Waals surface area contributed by atoms with E-state index in [4.69, 9.17) is 4.42 Å². The fraction of sp³-hybridized carbons (Fsp3) is 0. The third-order valence-corrected chi connectivity index (χ3v) is 1.77. The van der Waals surface area contributed by atoms with Crippen molar-refractivity contribution >= 4 is 5.69 Å². The van der Waals surface area contributed by atoms with Gasteiger partial charge < -0.3 is 4.42 Å². The van der Waals surface area contributed by atoms with Crippen LogP contribution in [0.2, 0.25) is 0 Å². The summed E-state index contributed by atoms with van der Waals surface area (Å²) >= 11 is 0. The van der Waals surface area contributed by atoms with Crippen molar-refractivity contribution in [1.82, 2.24) is 4.98 Å². The molecule has 2 heterocycles. The maximum absolute atomic E-state index is 10.5. The summed E-state index contributed by atoms with van der Waals surface area (Å²) in [7, 11) is 0. The van der Waals surface area contributed by atoms with Gasteiger partial charge in [-0.1, -0.05) is 0 Å². The normalized spacial score (nSPS) is 10.0. The zero-order valence-electron chi connectivity index (χ0n) is 7.08. The molecular formula is C9H6N2O3. The fourth-order valence-corrected chi connectivity index (χ4v) is 1.10. The number of hydrogen-bond donors (Lipinski definition) is 0. The Hall–Kier alpha value is -2.17. The Morgan fingerprint density at radius 2 is 2.29 bits per heavy atom. The molecule has 0 fully saturated rings. The molecule has 0 unspecified atom stereocenters. The maximum Gasteiger partial charge on any atom is 0.273 e. The molecule has 0 aliphatic rings. The van der Waals surface area contributed by atoms with Crippen LogP contribution in [0.1, 0.15) is 0 Å². The summed E-state index contributed by atoms with van der Waals surface area (Å²) in [5, 5.41) is 10.5. The summed E-state index contributed by atoms with van der Waals surface area (Å²) in [5.74, 6) is 0. The van der Waals surface area contributed by atoms with Crippen molar-refractivity contribution in [3.8, 4) is 11.3 Å². The van der Waals surface area contributed by atoms with Crippen molar-refractivity contribution in [2.24, 2.45) is 0 Å². The molecule has 2 rings (SSSR count). The lowest BCUT2D eigenvalue weighted by Crippen LogP contribution is -1.89. The molecule has 0 atom stereocenters. The standard InChI is InChI=1S/C9H6N2O3/c12-11(13)8-1-3-10-9(5-8)7-2-4-14-6-7/h1-6H. The molecule has 5 nitrogen and oxygen atoms in total. The quantitative estimate of drug-likeness (QED) is 0.537. The Morgan fingerprint density at radius 1 is 1.43 bits per heavy atom. The van der Waals surface area contributed by atoms with E-state index in [0.29, 0.717) is 5.69 Å². The summed E-state index contributed by atoms with van der Waals surface area (Å²) in [6.45, 7) is 0. The van der Waals surface area contributed by atoms with Crippen LogP contribution in [0.25, 0.3) is 11.3 Å². The van der Waals surface area contributed by atoms with Gasteiger partial charge in [0, 0.05) is 23.9 Å². The van der Waals surface area contributed by atoms with Gasteiger partial charge in [-0.25, -0.2) is 0 Å². The van der Waals surface area contributed by atoms with E-state index in [1.165, 1.54) is 30.9 Å². The van der Waals surface area contributed by atoms with Crippen molar-refractivity contribution in [3.63, 3.8) is 0 Å². The van der Waals surface area contributed by atoms with Gasteiger partial charge in [-0.05, 0) is 6.07 Å². The zero-order chi connectivity index (χ0) is 9.97. The number of nitro groups is 1. The molecule has 0 radical (unpaired) electrons. The lowest BCUT2D eigenvalue weighted by molar-refractivity contribution is -0.384. The van der Waals surface area contributed by atoms with E-state index in [-0.39, 0.29) is 5.69 Å². The van der Waals surface area contributed by atoms with Crippen molar-refractivity contribution in [1.29, 1.82) is 0 Å². The molecule has 0 aliphatic carbocycles. The highest BCUT2D eigenvalue weighted by Crippen LogP contribution is 2.21. The Kier molecular flexibility index (Phi) is 1.98. The van der Waals surface area contributed by atoms with Gasteiger partial charge in [-0.3, -0.25) is 15.1 Å². The van der Waals surface area contributed by atoms with E-state index >= 15 is 0 Å². The summed E-state index contributed by atoms with van der Waals surface area (Å²) < 4.78 is 4.86. The van der Waals surface area contributed by atoms with Gasteiger partial charge in [0.15, 0.2) is 0 Å². The van der Waals surface area contributed by atoms with Crippen LogP contribution in [0.5, 0.6) is 0 Å². The molecule has 0 amide bonds. The first-order valence-corrected chi connectivity index (χ1v) is 3.90. The van der Waals surface area contributed by atoms with Crippen LogP contribution in [-0.4, -0.2) is 9.91 Å². The van der Waals surface area contributed by atoms with E-state index < -0.39 is 4.92 Å². The first-order valence-electron chi connectivity index (χ1n) is 3.90. The average Bonchev–Trinajstić information content (AvgIpc) is 2.71. The minimum atomic E-state index is -0.453. The zero-order valence-corrected chi connectivity index (χ0v) is 7.08. The molecule has 14 heavy (non-hydrogen) atoms. The van der Waals surface area contributed by atoms with E-state index in [1.54, 1.807) is 6.07 Å². The molecular weight excluding hydrogens is 184 g/mol. The number of hydrogen-bond acceptors (Lipinski definition) is 4. The molecule has 70 valence electrons. The van der Waals surface area contributed by atoms with Gasteiger partial charge in [0.05, 0.1) is 23.1 Å². The van der Waals surface area contributed by atoms with Gasteiger partial charge in [0.1, 0.15) is 0 Å². The highest BCUT2D eigenvalue weighted by Gasteiger charge is 2.08. The third-order valence-electron chi connectivity index (χ3n) is 1.77. The largest absolute Gasteiger partial charge is 0.472 e. The van der Waals surface area contributed by atoms with Crippen LogP contribution >= 0.6 is 0 Å². The first kappa shape index (κ1) is 8.43. The van der Waals surface area contributed by atoms with Gasteiger partial charge in [0.2, 0.25) is 0 Å². The van der Waals surface area contributed by atoms with Crippen LogP contribution in [0, 0.1) is 10.1 Å². The van der Waals surface area contributed by atoms with Gasteiger partial charge in [-0.15, -0.1) is 0 Å². The summed E-state index contributed by atoms with van der Waals surface area (Å²) in [6, 6.07) is 4.46. The van der Waals surface area contributed by atoms with Crippen molar-refractivity contribution < 1.29 is 9.34 Å². The van der Waals surface area contributed by atoms with Gasteiger partial charge >= 0.3 is 0 Å². The summed E-state index contributed by atoms with van der Waals surface area (Å²) in [5.41, 5.74) is 1.29. The predicted octanol–water partition coefficient (Wildman–Crippen LogP) is 2.25. The first-order chi connectivity index (χ1) is 6.77. The van der Waals surface area contributed by atoms with Crippen LogP contribution < -0.4 is 0 Å². The second-order valence-corrected chi connectivity index (χ2v) is 2.67. The average molecular weight is 190 g/mol. The Bertz CT molecular complexity index is 451. The summed E-state index contributed by atoms with van der Waals surface area (Å²) in [6.07, 6.45) is 4.39. The Labute approximate surface area is 79.2 Å². The van der Waals surface area contributed by atoms with Crippen LogP contribution in [-0.2, 0) is 0 Å². The van der Waals surface area contributed by atoms with Crippen molar-refractivity contribution in [2.45, 2.75) is 0 Å². The molecule has 2 aromatic rings. The van der Waals surface area contributed by atoms with Gasteiger partial charge in [0.25, 0.3) is 5.69 Å². The SMILES string of the molecule is O=[N+]([O-])c1ccnc(-c2ccoc2)c1. The van der Waals surface area contributed by atoms with Crippen LogP contribution in [0.3, 0.4) is 0 Å². The number of aromatic nitrogens is 1. The maximum atomic E-state index is 10.5. The van der Waals surface area contributed by atoms with Crippen LogP contribution in [0.4, 0.5) is 5.69 Å². The monoisotopic (exact) mass is 190 g/mol. The molecule has 0 aliphatic heterocycles. The van der Waals surface area contributed by atoms with Gasteiger partial charge in [-0.2, -0.15) is 0 Å². The van der Waals surface area contributed by atoms with E-state index in [2.05, 4.69) is 4.98 Å². The van der Waals surface area contributed by atoms with Crippen molar-refractivity contribution in [2.75, 3.05) is 0 Å². The number of furan rings is 1. The molecule has 0 saturated carbocycles. The molecule has 0 bridgehead atoms. The lowest BCUT2D eigenvalue weighted by atomic mass is 10.2. The van der Waals surface area contributed by atoms with E-state index in [1.807, 2.05) is 0 Å². The second-order valence-electron chi connectivity index (χ2n) is 2.67. The predicted molar refractivity (Wildman–Crippen MR) is 48.6 cm³/mol. The van der Waals surface area contributed by atoms with Crippen LogP contribution in [0.15, 0.2) is 41.3 Å². The molecule has 0 spiro atoms. The third kappa shape index (κ3) is 1.47. The van der Waals surface area contributed by atoms with Crippen molar-refractivity contribution in [3.05, 3.63) is 47.0 Å². The Morgan fingerprint density at radius 3 is 2.93 bits per heavy atom. The minimum absolute atomic E-state index is 0.0243. The second kappa shape index (κ2) is 3.29. The smallest absolute Gasteiger partial charge is 0.273 e. The number of rotatable bonds is 2. The topological polar surface area (TPSA) is 69.2 Å². The minimum Gasteiger partial charge on any atom is -0.472 e. The lowest BCUT2D eigenvalue weighted by Gasteiger charge is -1.94. The van der Waals surface area contributed by atoms with E-state index in [0.717, 1.165) is 5.56 Å². The van der Waals surface area contributed by atoms with E-state index in [9.17, 15) is 10.1 Å². The molecule has 0 aromatic carbocycles. The number of pyridine rings is 1. The highest BCUT2D eigenvalue weighted by molar-refractivity contribution is 5.59. The molecule has 5 heteroatoms. The molecule has 0 saturated heterocycles. The molecule has 0 N–H and O–H groups in total. The summed E-state index contributed by atoms with van der Waals surface area (Å²) in [4.78, 5) is 14.0. The highest BCUT2D eigenvalue weighted by atomic mass is 16.6.